The molecule has 0 spiro atoms. The first-order chi connectivity index (χ1) is 13.9. The summed E-state index contributed by atoms with van der Waals surface area (Å²) >= 11 is 0. The maximum absolute atomic E-state index is 12.1. The van der Waals surface area contributed by atoms with E-state index in [9.17, 15) is 18.0 Å². The van der Waals surface area contributed by atoms with Crippen LogP contribution in [0.2, 0.25) is 0 Å². The van der Waals surface area contributed by atoms with E-state index in [1.54, 1.807) is 48.8 Å². The van der Waals surface area contributed by atoms with Gasteiger partial charge in [-0.05, 0) is 48.5 Å². The number of hydrogen-bond donors (Lipinski definition) is 3. The molecule has 0 fully saturated rings. The summed E-state index contributed by atoms with van der Waals surface area (Å²) in [6.07, 6.45) is -1.57. The van der Waals surface area contributed by atoms with Crippen molar-refractivity contribution in [2.45, 2.75) is 6.36 Å². The number of benzene rings is 2. The summed E-state index contributed by atoms with van der Waals surface area (Å²) < 4.78 is 45.9. The lowest BCUT2D eigenvalue weighted by molar-refractivity contribution is -0.274. The summed E-state index contributed by atoms with van der Waals surface area (Å²) in [5.41, 5.74) is 5.96. The molecule has 1 aromatic heterocycles. The van der Waals surface area contributed by atoms with Gasteiger partial charge in [0.1, 0.15) is 17.2 Å². The SMILES string of the molecule is O=C(NNc1cccc(Oc2ccncc2)c1)Nc1ccc(OC(F)(F)F)cc1. The van der Waals surface area contributed by atoms with E-state index in [0.717, 1.165) is 12.1 Å². The number of ether oxygens (including phenoxy) is 2. The molecular formula is C19H15F3N4O3. The van der Waals surface area contributed by atoms with Crippen LogP contribution < -0.4 is 25.6 Å². The van der Waals surface area contributed by atoms with Crippen LogP contribution in [0.4, 0.5) is 29.3 Å². The van der Waals surface area contributed by atoms with E-state index in [0.29, 0.717) is 17.2 Å². The van der Waals surface area contributed by atoms with Gasteiger partial charge in [0.2, 0.25) is 0 Å². The van der Waals surface area contributed by atoms with E-state index in [1.165, 1.54) is 12.1 Å². The Morgan fingerprint density at radius 3 is 2.28 bits per heavy atom. The molecule has 150 valence electrons. The van der Waals surface area contributed by atoms with E-state index in [2.05, 4.69) is 25.9 Å². The van der Waals surface area contributed by atoms with Gasteiger partial charge in [0.05, 0.1) is 5.69 Å². The fraction of sp³-hybridized carbons (Fsp3) is 0.0526. The quantitative estimate of drug-likeness (QED) is 0.508. The molecule has 29 heavy (non-hydrogen) atoms. The van der Waals surface area contributed by atoms with Crippen LogP contribution in [-0.2, 0) is 0 Å². The number of halogens is 3. The van der Waals surface area contributed by atoms with Crippen LogP contribution in [0.1, 0.15) is 0 Å². The lowest BCUT2D eigenvalue weighted by atomic mass is 10.3. The molecule has 3 N–H and O–H groups in total. The van der Waals surface area contributed by atoms with Crippen molar-refractivity contribution in [1.29, 1.82) is 0 Å². The summed E-state index contributed by atoms with van der Waals surface area (Å²) in [5, 5.41) is 2.47. The molecule has 0 saturated carbocycles. The van der Waals surface area contributed by atoms with Gasteiger partial charge in [0.25, 0.3) is 0 Å². The van der Waals surface area contributed by atoms with Gasteiger partial charge in [-0.15, -0.1) is 13.2 Å². The number of rotatable bonds is 6. The number of hydrazine groups is 1. The molecule has 3 aromatic rings. The largest absolute Gasteiger partial charge is 0.573 e. The number of carbonyl (C=O) groups excluding carboxylic acids is 1. The summed E-state index contributed by atoms with van der Waals surface area (Å²) in [6.45, 7) is 0. The lowest BCUT2D eigenvalue weighted by Gasteiger charge is -2.12. The second-order valence-corrected chi connectivity index (χ2v) is 5.59. The number of amides is 2. The van der Waals surface area contributed by atoms with E-state index >= 15 is 0 Å². The number of nitrogens with one attached hydrogen (secondary N) is 3. The van der Waals surface area contributed by atoms with Gasteiger partial charge in [-0.2, -0.15) is 0 Å². The first kappa shape index (κ1) is 19.8. The highest BCUT2D eigenvalue weighted by Gasteiger charge is 2.30. The molecular weight excluding hydrogens is 389 g/mol. The van der Waals surface area contributed by atoms with E-state index in [4.69, 9.17) is 4.74 Å². The maximum atomic E-state index is 12.1. The summed E-state index contributed by atoms with van der Waals surface area (Å²) in [4.78, 5) is 15.8. The fourth-order valence-corrected chi connectivity index (χ4v) is 2.21. The normalized spacial score (nSPS) is 10.7. The average Bonchev–Trinajstić information content (AvgIpc) is 2.68. The van der Waals surface area contributed by atoms with Gasteiger partial charge in [-0.25, -0.2) is 4.79 Å². The zero-order valence-corrected chi connectivity index (χ0v) is 14.7. The summed E-state index contributed by atoms with van der Waals surface area (Å²) in [5.74, 6) is 0.775. The minimum Gasteiger partial charge on any atom is -0.457 e. The second kappa shape index (κ2) is 8.83. The van der Waals surface area contributed by atoms with Gasteiger partial charge >= 0.3 is 12.4 Å². The first-order valence-corrected chi connectivity index (χ1v) is 8.24. The highest BCUT2D eigenvalue weighted by atomic mass is 19.4. The van der Waals surface area contributed by atoms with Gasteiger partial charge in [0, 0.05) is 24.1 Å². The third-order valence-corrected chi connectivity index (χ3v) is 3.39. The number of nitrogens with zero attached hydrogens (tertiary/aromatic N) is 1. The number of urea groups is 1. The third kappa shape index (κ3) is 6.61. The van der Waals surface area contributed by atoms with Crippen molar-refractivity contribution >= 4 is 17.4 Å². The highest BCUT2D eigenvalue weighted by Crippen LogP contribution is 2.24. The third-order valence-electron chi connectivity index (χ3n) is 3.39. The van der Waals surface area contributed by atoms with Gasteiger partial charge in [0.15, 0.2) is 0 Å². The molecule has 0 aliphatic rings. The van der Waals surface area contributed by atoms with Crippen molar-refractivity contribution in [1.82, 2.24) is 10.4 Å². The Morgan fingerprint density at radius 2 is 1.59 bits per heavy atom. The predicted octanol–water partition coefficient (Wildman–Crippen LogP) is 4.92. The van der Waals surface area contributed by atoms with Crippen LogP contribution in [0.5, 0.6) is 17.2 Å². The fourth-order valence-electron chi connectivity index (χ4n) is 2.21. The van der Waals surface area contributed by atoms with E-state index in [-0.39, 0.29) is 11.4 Å². The van der Waals surface area contributed by atoms with E-state index in [1.807, 2.05) is 0 Å². The molecule has 7 nitrogen and oxygen atoms in total. The molecule has 2 amide bonds. The molecule has 0 saturated heterocycles. The first-order valence-electron chi connectivity index (χ1n) is 8.24. The standard InChI is InChI=1S/C19H15F3N4O3/c20-19(21,22)29-16-6-4-13(5-7-16)24-18(27)26-25-14-2-1-3-17(12-14)28-15-8-10-23-11-9-15/h1-12,25H,(H2,24,26,27). The topological polar surface area (TPSA) is 84.5 Å². The van der Waals surface area contributed by atoms with Crippen molar-refractivity contribution in [3.05, 3.63) is 73.1 Å². The van der Waals surface area contributed by atoms with Crippen molar-refractivity contribution in [3.8, 4) is 17.2 Å². The van der Waals surface area contributed by atoms with Crippen LogP contribution in [0.3, 0.4) is 0 Å². The molecule has 1 heterocycles. The monoisotopic (exact) mass is 404 g/mol. The van der Waals surface area contributed by atoms with Crippen LogP contribution in [0.25, 0.3) is 0 Å². The summed E-state index contributed by atoms with van der Waals surface area (Å²) in [7, 11) is 0. The number of pyridine rings is 1. The Balaban J connectivity index is 1.51. The lowest BCUT2D eigenvalue weighted by Crippen LogP contribution is -2.33. The molecule has 0 atom stereocenters. The molecule has 0 aliphatic carbocycles. The molecule has 10 heteroatoms. The van der Waals surface area contributed by atoms with Crippen molar-refractivity contribution in [3.63, 3.8) is 0 Å². The molecule has 0 aliphatic heterocycles. The Bertz CT molecular complexity index is 951. The summed E-state index contributed by atoms with van der Waals surface area (Å²) in [6, 6.07) is 14.4. The number of anilines is 2. The minimum atomic E-state index is -4.77. The van der Waals surface area contributed by atoms with Gasteiger partial charge in [-0.1, -0.05) is 6.07 Å². The number of alkyl halides is 3. The van der Waals surface area contributed by atoms with E-state index < -0.39 is 12.4 Å². The zero-order valence-electron chi connectivity index (χ0n) is 14.7. The van der Waals surface area contributed by atoms with Gasteiger partial charge in [-0.3, -0.25) is 15.8 Å². The second-order valence-electron chi connectivity index (χ2n) is 5.59. The highest BCUT2D eigenvalue weighted by molar-refractivity contribution is 5.90. The van der Waals surface area contributed by atoms with Crippen LogP contribution >= 0.6 is 0 Å². The van der Waals surface area contributed by atoms with Crippen LogP contribution in [0, 0.1) is 0 Å². The molecule has 0 radical (unpaired) electrons. The Hall–Kier alpha value is -3.95. The predicted molar refractivity (Wildman–Crippen MR) is 99.7 cm³/mol. The molecule has 0 unspecified atom stereocenters. The maximum Gasteiger partial charge on any atom is 0.573 e. The van der Waals surface area contributed by atoms with Crippen LogP contribution in [0.15, 0.2) is 73.1 Å². The Labute approximate surface area is 163 Å². The molecule has 0 bridgehead atoms. The number of hydrogen-bond acceptors (Lipinski definition) is 5. The number of aromatic nitrogens is 1. The molecule has 2 aromatic carbocycles. The van der Waals surface area contributed by atoms with Crippen molar-refractivity contribution in [2.24, 2.45) is 0 Å². The van der Waals surface area contributed by atoms with Gasteiger partial charge < -0.3 is 14.8 Å². The van der Waals surface area contributed by atoms with Crippen molar-refractivity contribution < 1.29 is 27.4 Å². The zero-order chi connectivity index (χ0) is 20.7. The number of carbonyl (C=O) groups is 1. The Morgan fingerprint density at radius 1 is 0.862 bits per heavy atom. The average molecular weight is 404 g/mol. The van der Waals surface area contributed by atoms with Crippen LogP contribution in [-0.4, -0.2) is 17.4 Å². The Kier molecular flexibility index (Phi) is 6.03. The van der Waals surface area contributed by atoms with Crippen molar-refractivity contribution in [2.75, 3.05) is 10.7 Å². The smallest absolute Gasteiger partial charge is 0.457 e. The minimum absolute atomic E-state index is 0.286. The molecule has 3 rings (SSSR count).